The maximum atomic E-state index is 15.1. The Morgan fingerprint density at radius 3 is 2.40 bits per heavy atom. The Morgan fingerprint density at radius 1 is 0.979 bits per heavy atom. The highest BCUT2D eigenvalue weighted by Gasteiger charge is 2.73. The number of carbonyl (C=O) groups is 4. The van der Waals surface area contributed by atoms with Crippen molar-refractivity contribution in [2.75, 3.05) is 19.7 Å². The first-order valence-electron chi connectivity index (χ1n) is 17.5. The highest BCUT2D eigenvalue weighted by atomic mass is 16.6. The summed E-state index contributed by atoms with van der Waals surface area (Å²) in [4.78, 5) is 60.4. The molecule has 48 heavy (non-hydrogen) atoms. The number of benzene rings is 1. The summed E-state index contributed by atoms with van der Waals surface area (Å²) in [6, 6.07) is 7.75. The van der Waals surface area contributed by atoms with Crippen LogP contribution >= 0.6 is 0 Å². The Labute approximate surface area is 284 Å². The standard InChI is InChI=1S/C38H53N3O7/c1-25-31(26-16-10-7-11-17-26)47-35(46)29-27-19-20-38(48-27)30(29)33(44)40(21-13-9-15-23-42)32(38)34(45)41(37(5,6)24-36(2,3)4)22-14-8-12-18-28(43)39-25/h7-8,10-11,14,16-17,19-20,25,27,29-32,42H,9,12-13,15,18,21-24H2,1-6H3,(H,39,43)/b14-8-/t25-,27+,29-,30-,31+,32+,38-/m1/s1. The van der Waals surface area contributed by atoms with Gasteiger partial charge in [-0.15, -0.1) is 0 Å². The molecule has 4 aliphatic rings. The molecule has 2 fully saturated rings. The molecule has 7 atom stereocenters. The molecule has 5 bridgehead atoms. The van der Waals surface area contributed by atoms with Gasteiger partial charge in [0.25, 0.3) is 0 Å². The van der Waals surface area contributed by atoms with E-state index in [1.165, 1.54) is 0 Å². The third-order valence-corrected chi connectivity index (χ3v) is 10.1. The first kappa shape index (κ1) is 35.8. The predicted molar refractivity (Wildman–Crippen MR) is 181 cm³/mol. The molecule has 0 saturated carbocycles. The normalized spacial score (nSPS) is 32.0. The molecule has 2 N–H and O–H groups in total. The molecule has 0 unspecified atom stereocenters. The van der Waals surface area contributed by atoms with Crippen LogP contribution < -0.4 is 5.32 Å². The number of allylic oxidation sites excluding steroid dienone is 1. The van der Waals surface area contributed by atoms with Crippen LogP contribution in [0.25, 0.3) is 0 Å². The van der Waals surface area contributed by atoms with E-state index in [0.717, 1.165) is 5.56 Å². The summed E-state index contributed by atoms with van der Waals surface area (Å²) in [6.45, 7) is 13.0. The molecule has 1 aromatic carbocycles. The van der Waals surface area contributed by atoms with Gasteiger partial charge < -0.3 is 29.7 Å². The van der Waals surface area contributed by atoms with E-state index in [4.69, 9.17) is 9.47 Å². The summed E-state index contributed by atoms with van der Waals surface area (Å²) in [7, 11) is 0. The number of nitrogens with zero attached hydrogens (tertiary/aromatic N) is 2. The zero-order valence-electron chi connectivity index (χ0n) is 29.3. The summed E-state index contributed by atoms with van der Waals surface area (Å²) < 4.78 is 12.9. The number of carbonyl (C=O) groups excluding carboxylic acids is 4. The lowest BCUT2D eigenvalue weighted by atomic mass is 9.74. The van der Waals surface area contributed by atoms with Crippen molar-refractivity contribution < 1.29 is 33.8 Å². The van der Waals surface area contributed by atoms with Gasteiger partial charge in [0, 0.05) is 31.7 Å². The molecular weight excluding hydrogens is 610 g/mol. The van der Waals surface area contributed by atoms with Crippen molar-refractivity contribution in [3.8, 4) is 0 Å². The fourth-order valence-corrected chi connectivity index (χ4v) is 8.42. The van der Waals surface area contributed by atoms with Crippen LogP contribution in [0, 0.1) is 17.3 Å². The number of hydrogen-bond donors (Lipinski definition) is 2. The summed E-state index contributed by atoms with van der Waals surface area (Å²) in [6.07, 6.45) is 9.23. The van der Waals surface area contributed by atoms with Gasteiger partial charge in [0.2, 0.25) is 17.7 Å². The van der Waals surface area contributed by atoms with Gasteiger partial charge in [0.05, 0.1) is 18.1 Å². The van der Waals surface area contributed by atoms with Crippen LogP contribution in [0.3, 0.4) is 0 Å². The molecule has 1 spiro atoms. The summed E-state index contributed by atoms with van der Waals surface area (Å²) in [5.74, 6) is -3.19. The molecule has 2 saturated heterocycles. The van der Waals surface area contributed by atoms with E-state index in [1.807, 2.05) is 74.2 Å². The number of aliphatic hydroxyl groups excluding tert-OH is 1. The van der Waals surface area contributed by atoms with Gasteiger partial charge in [-0.05, 0) is 63.9 Å². The quantitative estimate of drug-likeness (QED) is 0.239. The number of aliphatic hydroxyl groups is 1. The second-order valence-corrected chi connectivity index (χ2v) is 15.7. The third kappa shape index (κ3) is 7.10. The largest absolute Gasteiger partial charge is 0.455 e. The summed E-state index contributed by atoms with van der Waals surface area (Å²) >= 11 is 0. The van der Waals surface area contributed by atoms with Gasteiger partial charge in [-0.3, -0.25) is 19.2 Å². The lowest BCUT2D eigenvalue weighted by Gasteiger charge is -2.45. The van der Waals surface area contributed by atoms with Crippen LogP contribution in [0.4, 0.5) is 0 Å². The van der Waals surface area contributed by atoms with Crippen LogP contribution in [-0.2, 0) is 28.7 Å². The molecule has 10 heteroatoms. The van der Waals surface area contributed by atoms with Gasteiger partial charge in [0.15, 0.2) is 0 Å². The average Bonchev–Trinajstić information content (AvgIpc) is 3.65. The van der Waals surface area contributed by atoms with Gasteiger partial charge in [-0.25, -0.2) is 0 Å². The predicted octanol–water partition coefficient (Wildman–Crippen LogP) is 4.48. The second-order valence-electron chi connectivity index (χ2n) is 15.7. The first-order valence-corrected chi connectivity index (χ1v) is 17.5. The third-order valence-electron chi connectivity index (χ3n) is 10.1. The lowest BCUT2D eigenvalue weighted by Crippen LogP contribution is -2.60. The number of esters is 1. The number of likely N-dealkylation sites (tertiary alicyclic amines) is 1. The minimum atomic E-state index is -1.32. The maximum Gasteiger partial charge on any atom is 0.313 e. The molecular formula is C38H53N3O7. The number of amides is 3. The Balaban J connectivity index is 1.59. The van der Waals surface area contributed by atoms with Crippen LogP contribution in [0.15, 0.2) is 54.6 Å². The highest BCUT2D eigenvalue weighted by molar-refractivity contribution is 5.99. The summed E-state index contributed by atoms with van der Waals surface area (Å²) in [5, 5.41) is 12.4. The van der Waals surface area contributed by atoms with Crippen LogP contribution in [0.2, 0.25) is 0 Å². The molecule has 0 aromatic heterocycles. The van der Waals surface area contributed by atoms with Gasteiger partial charge in [-0.1, -0.05) is 75.4 Å². The second kappa shape index (κ2) is 14.2. The molecule has 4 aliphatic heterocycles. The van der Waals surface area contributed by atoms with Gasteiger partial charge in [-0.2, -0.15) is 0 Å². The van der Waals surface area contributed by atoms with Crippen molar-refractivity contribution in [1.29, 1.82) is 0 Å². The molecule has 10 nitrogen and oxygen atoms in total. The fraction of sp³-hybridized carbons (Fsp3) is 0.632. The van der Waals surface area contributed by atoms with E-state index in [-0.39, 0.29) is 36.2 Å². The number of hydrogen-bond acceptors (Lipinski definition) is 7. The Morgan fingerprint density at radius 2 is 1.71 bits per heavy atom. The van der Waals surface area contributed by atoms with E-state index >= 15 is 4.79 Å². The smallest absolute Gasteiger partial charge is 0.313 e. The van der Waals surface area contributed by atoms with Crippen molar-refractivity contribution in [3.63, 3.8) is 0 Å². The maximum absolute atomic E-state index is 15.1. The minimum absolute atomic E-state index is 0.0485. The van der Waals surface area contributed by atoms with Crippen molar-refractivity contribution in [2.24, 2.45) is 17.3 Å². The van der Waals surface area contributed by atoms with E-state index in [2.05, 4.69) is 26.1 Å². The molecule has 0 aliphatic carbocycles. The molecule has 4 heterocycles. The van der Waals surface area contributed by atoms with Gasteiger partial charge in [0.1, 0.15) is 23.7 Å². The van der Waals surface area contributed by atoms with E-state index in [0.29, 0.717) is 45.2 Å². The van der Waals surface area contributed by atoms with Crippen LogP contribution in [0.1, 0.15) is 91.7 Å². The zero-order valence-corrected chi connectivity index (χ0v) is 29.3. The minimum Gasteiger partial charge on any atom is -0.455 e. The van der Waals surface area contributed by atoms with Crippen molar-refractivity contribution >= 4 is 23.7 Å². The fourth-order valence-electron chi connectivity index (χ4n) is 8.42. The Bertz CT molecular complexity index is 1420. The van der Waals surface area contributed by atoms with E-state index < -0.39 is 53.2 Å². The van der Waals surface area contributed by atoms with Crippen LogP contribution in [0.5, 0.6) is 0 Å². The number of ether oxygens (including phenoxy) is 2. The highest BCUT2D eigenvalue weighted by Crippen LogP contribution is 2.56. The molecule has 3 amide bonds. The monoisotopic (exact) mass is 663 g/mol. The lowest BCUT2D eigenvalue weighted by molar-refractivity contribution is -0.161. The number of nitrogens with one attached hydrogen (secondary N) is 1. The van der Waals surface area contributed by atoms with E-state index in [9.17, 15) is 19.5 Å². The van der Waals surface area contributed by atoms with Crippen molar-refractivity contribution in [3.05, 3.63) is 60.2 Å². The van der Waals surface area contributed by atoms with Crippen molar-refractivity contribution in [2.45, 2.75) is 115 Å². The number of unbranched alkanes of at least 4 members (excludes halogenated alkanes) is 2. The number of cyclic esters (lactones) is 1. The molecule has 262 valence electrons. The zero-order chi connectivity index (χ0) is 34.9. The molecule has 1 aromatic rings. The number of rotatable bonds is 8. The first-order chi connectivity index (χ1) is 22.7. The Kier molecular flexibility index (Phi) is 10.6. The average molecular weight is 664 g/mol. The van der Waals surface area contributed by atoms with Gasteiger partial charge >= 0.3 is 5.97 Å². The van der Waals surface area contributed by atoms with Crippen molar-refractivity contribution in [1.82, 2.24) is 15.1 Å². The van der Waals surface area contributed by atoms with E-state index in [1.54, 1.807) is 11.0 Å². The topological polar surface area (TPSA) is 125 Å². The molecule has 5 rings (SSSR count). The summed E-state index contributed by atoms with van der Waals surface area (Å²) in [5.41, 5.74) is -1.30. The molecule has 0 radical (unpaired) electrons. The van der Waals surface area contributed by atoms with Crippen LogP contribution in [-0.4, -0.2) is 87.6 Å². The number of fused-ring (bicyclic) bond motifs is 2. The SMILES string of the molecule is C[C@H]1NC(=O)CC/C=C\CN(C(C)(C)CC(C)(C)C)C(=O)[C@@H]2N(CCCCCO)C(=O)[C@H]3[C@H](C(=O)O[C@@H]1c1ccccc1)[C@@H]1C=C[C@]23O1. The Hall–Kier alpha value is -3.50.